The minimum absolute atomic E-state index is 0.162. The largest absolute Gasteiger partial charge is 0.394 e. The van der Waals surface area contributed by atoms with Crippen LogP contribution in [0.5, 0.6) is 0 Å². The summed E-state index contributed by atoms with van der Waals surface area (Å²) in [6.45, 7) is -0.162. The van der Waals surface area contributed by atoms with Crippen molar-refractivity contribution >= 4 is 10.9 Å². The van der Waals surface area contributed by atoms with Crippen molar-refractivity contribution in [1.82, 2.24) is 4.57 Å². The topological polar surface area (TPSA) is 45.4 Å². The average molecular weight is 219 g/mol. The van der Waals surface area contributed by atoms with Crippen LogP contribution in [0.3, 0.4) is 0 Å². The number of fused-ring (bicyclic) bond motifs is 1. The Labute approximate surface area is 94.9 Å². The molecule has 2 aromatic rings. The van der Waals surface area contributed by atoms with E-state index in [0.29, 0.717) is 6.42 Å². The molecule has 1 aromatic carbocycles. The fraction of sp³-hybridized carbons (Fsp3) is 0.385. The van der Waals surface area contributed by atoms with Crippen LogP contribution in [0, 0.1) is 0 Å². The number of hydrogen-bond donors (Lipinski definition) is 2. The Hall–Kier alpha value is -1.32. The first-order valence-corrected chi connectivity index (χ1v) is 5.54. The highest BCUT2D eigenvalue weighted by molar-refractivity contribution is 5.83. The van der Waals surface area contributed by atoms with Gasteiger partial charge in [-0.3, -0.25) is 0 Å². The fourth-order valence-corrected chi connectivity index (χ4v) is 2.04. The van der Waals surface area contributed by atoms with Crippen molar-refractivity contribution in [3.05, 3.63) is 36.0 Å². The lowest BCUT2D eigenvalue weighted by Gasteiger charge is -2.05. The fourth-order valence-electron chi connectivity index (χ4n) is 2.04. The van der Waals surface area contributed by atoms with Crippen LogP contribution in [0.15, 0.2) is 30.5 Å². The smallest absolute Gasteiger partial charge is 0.0774 e. The summed E-state index contributed by atoms with van der Waals surface area (Å²) in [5.41, 5.74) is 2.43. The SMILES string of the molecule is Cn1cc(CCC(O)CO)c2ccccc21. The van der Waals surface area contributed by atoms with Gasteiger partial charge in [-0.05, 0) is 24.5 Å². The number of para-hydroxylation sites is 1. The van der Waals surface area contributed by atoms with E-state index in [9.17, 15) is 5.11 Å². The molecule has 0 saturated carbocycles. The maximum atomic E-state index is 9.34. The van der Waals surface area contributed by atoms with E-state index in [1.54, 1.807) is 0 Å². The number of aromatic nitrogens is 1. The zero-order chi connectivity index (χ0) is 11.5. The third-order valence-electron chi connectivity index (χ3n) is 2.94. The first-order chi connectivity index (χ1) is 7.72. The molecule has 0 amide bonds. The second-order valence-corrected chi connectivity index (χ2v) is 4.16. The van der Waals surface area contributed by atoms with Gasteiger partial charge in [0.15, 0.2) is 0 Å². The summed E-state index contributed by atoms with van der Waals surface area (Å²) in [4.78, 5) is 0. The molecule has 1 unspecified atom stereocenters. The Morgan fingerprint density at radius 1 is 1.31 bits per heavy atom. The van der Waals surface area contributed by atoms with Crippen molar-refractivity contribution in [3.8, 4) is 0 Å². The summed E-state index contributed by atoms with van der Waals surface area (Å²) >= 11 is 0. The van der Waals surface area contributed by atoms with E-state index in [-0.39, 0.29) is 6.61 Å². The monoisotopic (exact) mass is 219 g/mol. The molecule has 1 heterocycles. The second kappa shape index (κ2) is 4.68. The van der Waals surface area contributed by atoms with Crippen molar-refractivity contribution < 1.29 is 10.2 Å². The van der Waals surface area contributed by atoms with Gasteiger partial charge in [-0.2, -0.15) is 0 Å². The molecule has 2 rings (SSSR count). The number of benzene rings is 1. The zero-order valence-electron chi connectivity index (χ0n) is 9.43. The van der Waals surface area contributed by atoms with Crippen molar-refractivity contribution in [2.75, 3.05) is 6.61 Å². The minimum Gasteiger partial charge on any atom is -0.394 e. The van der Waals surface area contributed by atoms with Crippen LogP contribution < -0.4 is 0 Å². The van der Waals surface area contributed by atoms with E-state index >= 15 is 0 Å². The zero-order valence-corrected chi connectivity index (χ0v) is 9.43. The van der Waals surface area contributed by atoms with Crippen LogP contribution in [0.4, 0.5) is 0 Å². The Balaban J connectivity index is 2.24. The number of aryl methyl sites for hydroxylation is 2. The maximum Gasteiger partial charge on any atom is 0.0774 e. The summed E-state index contributed by atoms with van der Waals surface area (Å²) in [7, 11) is 2.02. The van der Waals surface area contributed by atoms with E-state index in [1.165, 1.54) is 16.5 Å². The molecule has 0 fully saturated rings. The van der Waals surface area contributed by atoms with Crippen LogP contribution in [0.2, 0.25) is 0 Å². The quantitative estimate of drug-likeness (QED) is 0.817. The van der Waals surface area contributed by atoms with Crippen molar-refractivity contribution in [3.63, 3.8) is 0 Å². The van der Waals surface area contributed by atoms with Gasteiger partial charge in [0, 0.05) is 24.1 Å². The first kappa shape index (κ1) is 11.2. The molecule has 1 aromatic heterocycles. The Morgan fingerprint density at radius 3 is 2.81 bits per heavy atom. The summed E-state index contributed by atoms with van der Waals surface area (Å²) in [5.74, 6) is 0. The number of aliphatic hydroxyl groups is 2. The Bertz CT molecular complexity index is 476. The lowest BCUT2D eigenvalue weighted by molar-refractivity contribution is 0.0886. The van der Waals surface area contributed by atoms with Crippen molar-refractivity contribution in [2.24, 2.45) is 7.05 Å². The molecule has 86 valence electrons. The highest BCUT2D eigenvalue weighted by atomic mass is 16.3. The molecule has 2 N–H and O–H groups in total. The van der Waals surface area contributed by atoms with Gasteiger partial charge in [0.2, 0.25) is 0 Å². The summed E-state index contributed by atoms with van der Waals surface area (Å²) in [6.07, 6.45) is 2.88. The van der Waals surface area contributed by atoms with Crippen LogP contribution in [-0.4, -0.2) is 27.5 Å². The van der Waals surface area contributed by atoms with Gasteiger partial charge in [0.25, 0.3) is 0 Å². The predicted molar refractivity (Wildman–Crippen MR) is 64.3 cm³/mol. The van der Waals surface area contributed by atoms with Crippen molar-refractivity contribution in [2.45, 2.75) is 18.9 Å². The molecule has 0 aliphatic carbocycles. The molecule has 0 bridgehead atoms. The van der Waals surface area contributed by atoms with Gasteiger partial charge in [0.1, 0.15) is 0 Å². The predicted octanol–water partition coefficient (Wildman–Crippen LogP) is 1.46. The second-order valence-electron chi connectivity index (χ2n) is 4.16. The summed E-state index contributed by atoms with van der Waals surface area (Å²) < 4.78 is 2.09. The average Bonchev–Trinajstić information content (AvgIpc) is 2.64. The molecule has 0 aliphatic rings. The Morgan fingerprint density at radius 2 is 2.06 bits per heavy atom. The van der Waals surface area contributed by atoms with Crippen LogP contribution in [0.25, 0.3) is 10.9 Å². The van der Waals surface area contributed by atoms with E-state index < -0.39 is 6.10 Å². The van der Waals surface area contributed by atoms with Gasteiger partial charge < -0.3 is 14.8 Å². The van der Waals surface area contributed by atoms with Crippen LogP contribution in [0.1, 0.15) is 12.0 Å². The molecule has 0 saturated heterocycles. The lowest BCUT2D eigenvalue weighted by atomic mass is 10.1. The van der Waals surface area contributed by atoms with Crippen LogP contribution in [-0.2, 0) is 13.5 Å². The molecule has 3 heteroatoms. The minimum atomic E-state index is -0.612. The third kappa shape index (κ3) is 2.10. The third-order valence-corrected chi connectivity index (χ3v) is 2.94. The highest BCUT2D eigenvalue weighted by Crippen LogP contribution is 2.21. The molecular formula is C13H17NO2. The number of nitrogens with zero attached hydrogens (tertiary/aromatic N) is 1. The van der Waals surface area contributed by atoms with Crippen molar-refractivity contribution in [1.29, 1.82) is 0 Å². The standard InChI is InChI=1S/C13H17NO2/c1-14-8-10(6-7-11(16)9-15)12-4-2-3-5-13(12)14/h2-5,8,11,15-16H,6-7,9H2,1H3. The molecule has 0 aliphatic heterocycles. The van der Waals surface area contributed by atoms with E-state index in [4.69, 9.17) is 5.11 Å². The normalized spacial score (nSPS) is 13.2. The van der Waals surface area contributed by atoms with E-state index in [1.807, 2.05) is 19.2 Å². The van der Waals surface area contributed by atoms with Gasteiger partial charge in [-0.1, -0.05) is 18.2 Å². The summed E-state index contributed by atoms with van der Waals surface area (Å²) in [5, 5.41) is 19.3. The number of rotatable bonds is 4. The van der Waals surface area contributed by atoms with E-state index in [0.717, 1.165) is 6.42 Å². The molecule has 16 heavy (non-hydrogen) atoms. The van der Waals surface area contributed by atoms with Crippen LogP contribution >= 0.6 is 0 Å². The van der Waals surface area contributed by atoms with Gasteiger partial charge >= 0.3 is 0 Å². The summed E-state index contributed by atoms with van der Waals surface area (Å²) in [6, 6.07) is 8.22. The lowest BCUT2D eigenvalue weighted by Crippen LogP contribution is -2.12. The Kier molecular flexibility index (Phi) is 3.27. The van der Waals surface area contributed by atoms with Gasteiger partial charge in [-0.25, -0.2) is 0 Å². The molecule has 1 atom stereocenters. The number of hydrogen-bond acceptors (Lipinski definition) is 2. The number of aliphatic hydroxyl groups excluding tert-OH is 2. The van der Waals surface area contributed by atoms with E-state index in [2.05, 4.69) is 22.9 Å². The van der Waals surface area contributed by atoms with Gasteiger partial charge in [0.05, 0.1) is 12.7 Å². The molecule has 0 spiro atoms. The maximum absolute atomic E-state index is 9.34. The first-order valence-electron chi connectivity index (χ1n) is 5.54. The highest BCUT2D eigenvalue weighted by Gasteiger charge is 2.08. The molecule has 0 radical (unpaired) electrons. The molecule has 3 nitrogen and oxygen atoms in total. The molecular weight excluding hydrogens is 202 g/mol. The van der Waals surface area contributed by atoms with Gasteiger partial charge in [-0.15, -0.1) is 0 Å².